The highest BCUT2D eigenvalue weighted by Gasteiger charge is 2.24. The fraction of sp³-hybridized carbons (Fsp3) is 0.467. The van der Waals surface area contributed by atoms with E-state index in [0.717, 1.165) is 22.6 Å². The van der Waals surface area contributed by atoms with Gasteiger partial charge < -0.3 is 20.8 Å². The molecule has 4 N–H and O–H groups in total. The fourth-order valence-corrected chi connectivity index (χ4v) is 6.52. The van der Waals surface area contributed by atoms with Crippen molar-refractivity contribution in [1.82, 2.24) is 10.6 Å². The molecular formula is C30H40N2O6S2. The Hall–Kier alpha value is -2.98. The van der Waals surface area contributed by atoms with E-state index in [1.807, 2.05) is 52.0 Å². The Balaban J connectivity index is 2.18. The molecule has 40 heavy (non-hydrogen) atoms. The number of benzene rings is 2. The average Bonchev–Trinajstić information content (AvgIpc) is 2.95. The molecule has 2 amide bonds. The molecule has 2 rings (SSSR count). The Morgan fingerprint density at radius 2 is 1.02 bits per heavy atom. The first-order valence-corrected chi connectivity index (χ1v) is 15.8. The number of carboxylic acid groups (broad SMARTS) is 2. The van der Waals surface area contributed by atoms with Crippen molar-refractivity contribution >= 4 is 45.3 Å². The van der Waals surface area contributed by atoms with E-state index in [1.54, 1.807) is 24.3 Å². The molecule has 8 nitrogen and oxygen atoms in total. The molecule has 10 heteroatoms. The van der Waals surface area contributed by atoms with E-state index < -0.39 is 11.9 Å². The summed E-state index contributed by atoms with van der Waals surface area (Å²) in [5.74, 6) is -2.07. The van der Waals surface area contributed by atoms with Crippen LogP contribution in [0.5, 0.6) is 0 Å². The Kier molecular flexibility index (Phi) is 14.1. The predicted molar refractivity (Wildman–Crippen MR) is 160 cm³/mol. The van der Waals surface area contributed by atoms with Crippen molar-refractivity contribution in [2.24, 2.45) is 11.8 Å². The molecule has 0 spiro atoms. The topological polar surface area (TPSA) is 133 Å². The monoisotopic (exact) mass is 588 g/mol. The van der Waals surface area contributed by atoms with Crippen molar-refractivity contribution in [3.63, 3.8) is 0 Å². The van der Waals surface area contributed by atoms with E-state index in [4.69, 9.17) is 10.2 Å². The van der Waals surface area contributed by atoms with Crippen LogP contribution in [0.1, 0.15) is 86.9 Å². The number of amides is 2. The van der Waals surface area contributed by atoms with Gasteiger partial charge in [0.15, 0.2) is 0 Å². The molecular weight excluding hydrogens is 548 g/mol. The minimum absolute atomic E-state index is 0.0193. The molecule has 0 heterocycles. The Bertz CT molecular complexity index is 1070. The summed E-state index contributed by atoms with van der Waals surface area (Å²) in [6.07, 6.45) is 2.29. The lowest BCUT2D eigenvalue weighted by molar-refractivity contribution is -0.138. The number of hydrogen-bond donors (Lipinski definition) is 4. The lowest BCUT2D eigenvalue weighted by Crippen LogP contribution is -2.40. The highest BCUT2D eigenvalue weighted by atomic mass is 33.1. The molecule has 0 saturated heterocycles. The highest BCUT2D eigenvalue weighted by molar-refractivity contribution is 8.76. The summed E-state index contributed by atoms with van der Waals surface area (Å²) in [5, 5.41) is 24.3. The summed E-state index contributed by atoms with van der Waals surface area (Å²) in [7, 11) is 2.73. The van der Waals surface area contributed by atoms with Gasteiger partial charge in [0.2, 0.25) is 0 Å². The summed E-state index contributed by atoms with van der Waals surface area (Å²) < 4.78 is 0. The summed E-state index contributed by atoms with van der Waals surface area (Å²) in [6, 6.07) is 13.9. The molecule has 0 bridgehead atoms. The second-order valence-electron chi connectivity index (χ2n) is 9.95. The van der Waals surface area contributed by atoms with Gasteiger partial charge in [-0.1, -0.05) is 86.4 Å². The van der Waals surface area contributed by atoms with Gasteiger partial charge in [-0.05, 0) is 48.9 Å². The molecule has 0 unspecified atom stereocenters. The maximum atomic E-state index is 13.3. The van der Waals surface area contributed by atoms with Crippen LogP contribution in [0, 0.1) is 11.8 Å². The third-order valence-electron chi connectivity index (χ3n) is 7.12. The minimum Gasteiger partial charge on any atom is -0.481 e. The van der Waals surface area contributed by atoms with Crippen molar-refractivity contribution in [3.05, 3.63) is 59.7 Å². The number of nitrogens with one attached hydrogen (secondary N) is 2. The zero-order valence-electron chi connectivity index (χ0n) is 23.5. The van der Waals surface area contributed by atoms with Crippen LogP contribution in [-0.2, 0) is 9.59 Å². The fourth-order valence-electron chi connectivity index (χ4n) is 4.16. The molecule has 0 fully saturated rings. The van der Waals surface area contributed by atoms with Crippen LogP contribution in [-0.4, -0.2) is 46.0 Å². The van der Waals surface area contributed by atoms with Crippen molar-refractivity contribution in [2.75, 3.05) is 0 Å². The van der Waals surface area contributed by atoms with Gasteiger partial charge in [0.05, 0.1) is 11.1 Å². The molecule has 0 radical (unpaired) electrons. The molecule has 2 aromatic carbocycles. The number of aliphatic carboxylic acids is 2. The van der Waals surface area contributed by atoms with Gasteiger partial charge in [-0.25, -0.2) is 0 Å². The van der Waals surface area contributed by atoms with Crippen molar-refractivity contribution < 1.29 is 29.4 Å². The van der Waals surface area contributed by atoms with Gasteiger partial charge in [-0.15, -0.1) is 0 Å². The van der Waals surface area contributed by atoms with Gasteiger partial charge in [0.1, 0.15) is 0 Å². The normalized spacial score (nSPS) is 14.0. The number of hydrogen-bond acceptors (Lipinski definition) is 6. The first-order chi connectivity index (χ1) is 19.1. The number of carbonyl (C=O) groups is 4. The minimum atomic E-state index is -0.894. The maximum absolute atomic E-state index is 13.3. The predicted octanol–water partition coefficient (Wildman–Crippen LogP) is 6.50. The number of rotatable bonds is 17. The largest absolute Gasteiger partial charge is 0.481 e. The van der Waals surface area contributed by atoms with Gasteiger partial charge in [-0.3, -0.25) is 19.2 Å². The molecule has 4 atom stereocenters. The van der Waals surface area contributed by atoms with Crippen LogP contribution in [0.3, 0.4) is 0 Å². The Labute approximate surface area is 244 Å². The average molecular weight is 589 g/mol. The van der Waals surface area contributed by atoms with E-state index in [-0.39, 0.29) is 48.6 Å². The first-order valence-electron chi connectivity index (χ1n) is 13.6. The standard InChI is InChI=1S/C30H40N2O6S2/c1-5-19(3)23(15-17-27(33)34)31-29(37)21-11-7-9-13-25(21)39-40-26-14-10-8-12-22(26)30(38)32-24(20(4)6-2)16-18-28(35)36/h7-14,19-20,23-24H,5-6,15-18H2,1-4H3,(H,31,37)(H,32,38)(H,33,34)(H,35,36)/t19-,20-,23+,24+/m0/s1. The lowest BCUT2D eigenvalue weighted by Gasteiger charge is -2.24. The summed E-state index contributed by atoms with van der Waals surface area (Å²) in [5.41, 5.74) is 0.965. The van der Waals surface area contributed by atoms with Gasteiger partial charge >= 0.3 is 11.9 Å². The van der Waals surface area contributed by atoms with Crippen molar-refractivity contribution in [2.45, 2.75) is 88.1 Å². The SMILES string of the molecule is CC[C@H](C)[C@@H](CCC(=O)O)NC(=O)c1ccccc1SSc1ccccc1C(=O)N[C@H](CCC(=O)O)[C@@H](C)CC. The van der Waals surface area contributed by atoms with Gasteiger partial charge in [-0.2, -0.15) is 0 Å². The maximum Gasteiger partial charge on any atom is 0.303 e. The summed E-state index contributed by atoms with van der Waals surface area (Å²) in [6.45, 7) is 8.02. The van der Waals surface area contributed by atoms with E-state index >= 15 is 0 Å². The number of carbonyl (C=O) groups excluding carboxylic acids is 2. The molecule has 0 aliphatic heterocycles. The van der Waals surface area contributed by atoms with Crippen molar-refractivity contribution in [1.29, 1.82) is 0 Å². The van der Waals surface area contributed by atoms with Crippen LogP contribution >= 0.6 is 21.6 Å². The molecule has 0 saturated carbocycles. The zero-order chi connectivity index (χ0) is 29.7. The Morgan fingerprint density at radius 3 is 1.35 bits per heavy atom. The smallest absolute Gasteiger partial charge is 0.303 e. The Morgan fingerprint density at radius 1 is 0.675 bits per heavy atom. The van der Waals surface area contributed by atoms with Crippen LogP contribution in [0.2, 0.25) is 0 Å². The number of carboxylic acids is 2. The van der Waals surface area contributed by atoms with E-state index in [2.05, 4.69) is 10.6 Å². The highest BCUT2D eigenvalue weighted by Crippen LogP contribution is 2.40. The quantitative estimate of drug-likeness (QED) is 0.154. The molecule has 0 aliphatic carbocycles. The first kappa shape index (κ1) is 33.2. The molecule has 0 aromatic heterocycles. The molecule has 0 aliphatic rings. The van der Waals surface area contributed by atoms with E-state index in [9.17, 15) is 19.2 Å². The van der Waals surface area contributed by atoms with Crippen molar-refractivity contribution in [3.8, 4) is 0 Å². The van der Waals surface area contributed by atoms with Gasteiger partial charge in [0, 0.05) is 34.7 Å². The third-order valence-corrected chi connectivity index (χ3v) is 9.60. The van der Waals surface area contributed by atoms with Crippen LogP contribution in [0.25, 0.3) is 0 Å². The zero-order valence-corrected chi connectivity index (χ0v) is 25.1. The second kappa shape index (κ2) is 17.0. The van der Waals surface area contributed by atoms with E-state index in [1.165, 1.54) is 21.6 Å². The summed E-state index contributed by atoms with van der Waals surface area (Å²) >= 11 is 0. The van der Waals surface area contributed by atoms with Crippen LogP contribution in [0.15, 0.2) is 58.3 Å². The lowest BCUT2D eigenvalue weighted by atomic mass is 9.94. The van der Waals surface area contributed by atoms with Gasteiger partial charge in [0.25, 0.3) is 11.8 Å². The summed E-state index contributed by atoms with van der Waals surface area (Å²) in [4.78, 5) is 50.2. The van der Waals surface area contributed by atoms with E-state index in [0.29, 0.717) is 24.0 Å². The van der Waals surface area contributed by atoms with Crippen LogP contribution in [0.4, 0.5) is 0 Å². The third kappa shape index (κ3) is 10.5. The van der Waals surface area contributed by atoms with Crippen LogP contribution < -0.4 is 10.6 Å². The molecule has 2 aromatic rings. The second-order valence-corrected chi connectivity index (χ2v) is 12.2. The molecule has 218 valence electrons.